The largest absolute Gasteiger partial charge is 0.330 e. The Balaban J connectivity index is 2.08. The highest BCUT2D eigenvalue weighted by molar-refractivity contribution is 7.09. The summed E-state index contributed by atoms with van der Waals surface area (Å²) < 4.78 is 0. The molecule has 0 saturated heterocycles. The molecule has 0 spiro atoms. The van der Waals surface area contributed by atoms with Crippen LogP contribution in [0, 0.1) is 11.8 Å². The van der Waals surface area contributed by atoms with Crippen LogP contribution in [0.25, 0.3) is 0 Å². The normalized spacial score (nSPS) is 24.1. The van der Waals surface area contributed by atoms with Gasteiger partial charge >= 0.3 is 0 Å². The number of rotatable bonds is 5. The van der Waals surface area contributed by atoms with Crippen molar-refractivity contribution in [1.29, 1.82) is 0 Å². The predicted octanol–water partition coefficient (Wildman–Crippen LogP) is 3.04. The number of hydrogen-bond donors (Lipinski definition) is 1. The molecule has 4 heteroatoms. The van der Waals surface area contributed by atoms with Gasteiger partial charge < -0.3 is 5.73 Å². The lowest BCUT2D eigenvalue weighted by Gasteiger charge is -2.29. The molecule has 2 N–H and O–H groups in total. The highest BCUT2D eigenvalue weighted by Crippen LogP contribution is 2.34. The van der Waals surface area contributed by atoms with Crippen molar-refractivity contribution in [3.8, 4) is 0 Å². The molecule has 1 fully saturated rings. The zero-order valence-electron chi connectivity index (χ0n) is 11.0. The van der Waals surface area contributed by atoms with Gasteiger partial charge in [0, 0.05) is 17.7 Å². The number of Topliss-reactive ketones (excluding diaryl/α,β-unsaturated/α-hetero) is 1. The van der Waals surface area contributed by atoms with Gasteiger partial charge in [0.1, 0.15) is 5.69 Å². The van der Waals surface area contributed by atoms with Gasteiger partial charge in [-0.2, -0.15) is 0 Å². The summed E-state index contributed by atoms with van der Waals surface area (Å²) in [6.07, 6.45) is 6.59. The van der Waals surface area contributed by atoms with Crippen LogP contribution in [0.15, 0.2) is 5.38 Å². The van der Waals surface area contributed by atoms with Crippen LogP contribution in [-0.2, 0) is 6.42 Å². The molecule has 0 bridgehead atoms. The zero-order valence-corrected chi connectivity index (χ0v) is 11.8. The van der Waals surface area contributed by atoms with E-state index >= 15 is 0 Å². The van der Waals surface area contributed by atoms with Crippen molar-refractivity contribution in [2.45, 2.75) is 45.4 Å². The number of hydrogen-bond acceptors (Lipinski definition) is 4. The number of nitrogens with zero attached hydrogens (tertiary/aromatic N) is 1. The predicted molar refractivity (Wildman–Crippen MR) is 74.9 cm³/mol. The Bertz CT molecular complexity index is 402. The molecular formula is C14H22N2OS. The maximum atomic E-state index is 12.5. The van der Waals surface area contributed by atoms with E-state index in [0.29, 0.717) is 18.2 Å². The van der Waals surface area contributed by atoms with Gasteiger partial charge in [-0.15, -0.1) is 11.3 Å². The molecule has 1 aromatic rings. The molecule has 0 aliphatic heterocycles. The molecule has 0 radical (unpaired) electrons. The minimum Gasteiger partial charge on any atom is -0.330 e. The van der Waals surface area contributed by atoms with Crippen LogP contribution in [0.3, 0.4) is 0 Å². The van der Waals surface area contributed by atoms with Crippen LogP contribution in [-0.4, -0.2) is 17.3 Å². The molecule has 100 valence electrons. The van der Waals surface area contributed by atoms with Crippen molar-refractivity contribution in [1.82, 2.24) is 4.98 Å². The van der Waals surface area contributed by atoms with Crippen LogP contribution in [0.1, 0.15) is 54.5 Å². The topological polar surface area (TPSA) is 56.0 Å². The molecule has 1 aliphatic carbocycles. The Hall–Kier alpha value is -0.740. The van der Waals surface area contributed by atoms with E-state index in [0.717, 1.165) is 24.3 Å². The second-order valence-electron chi connectivity index (χ2n) is 5.09. The molecule has 0 aromatic carbocycles. The Labute approximate surface area is 113 Å². The minimum absolute atomic E-state index is 0.205. The fourth-order valence-electron chi connectivity index (χ4n) is 2.89. The zero-order chi connectivity index (χ0) is 13.0. The fourth-order valence-corrected chi connectivity index (χ4v) is 3.70. The summed E-state index contributed by atoms with van der Waals surface area (Å²) in [6.45, 7) is 2.79. The first-order valence-corrected chi connectivity index (χ1v) is 7.83. The van der Waals surface area contributed by atoms with Gasteiger partial charge in [-0.3, -0.25) is 4.79 Å². The highest BCUT2D eigenvalue weighted by Gasteiger charge is 2.31. The summed E-state index contributed by atoms with van der Waals surface area (Å²) in [4.78, 5) is 16.9. The van der Waals surface area contributed by atoms with Crippen LogP contribution in [0.5, 0.6) is 0 Å². The summed E-state index contributed by atoms with van der Waals surface area (Å²) >= 11 is 1.56. The molecule has 1 aliphatic rings. The quantitative estimate of drug-likeness (QED) is 0.833. The number of aromatic nitrogens is 1. The van der Waals surface area contributed by atoms with Crippen LogP contribution in [0.2, 0.25) is 0 Å². The van der Waals surface area contributed by atoms with Crippen LogP contribution >= 0.6 is 11.3 Å². The third kappa shape index (κ3) is 2.98. The molecule has 1 aromatic heterocycles. The number of ketones is 1. The number of thiazole rings is 1. The monoisotopic (exact) mass is 266 g/mol. The second-order valence-corrected chi connectivity index (χ2v) is 6.03. The van der Waals surface area contributed by atoms with Gasteiger partial charge in [0.15, 0.2) is 5.78 Å². The van der Waals surface area contributed by atoms with E-state index in [1.807, 2.05) is 5.38 Å². The molecule has 2 rings (SSSR count). The molecule has 18 heavy (non-hydrogen) atoms. The van der Waals surface area contributed by atoms with Crippen molar-refractivity contribution in [3.05, 3.63) is 16.1 Å². The van der Waals surface area contributed by atoms with E-state index < -0.39 is 0 Å². The van der Waals surface area contributed by atoms with Crippen LogP contribution in [0.4, 0.5) is 0 Å². The lowest BCUT2D eigenvalue weighted by atomic mass is 9.75. The Morgan fingerprint density at radius 3 is 3.00 bits per heavy atom. The summed E-state index contributed by atoms with van der Waals surface area (Å²) in [5.74, 6) is 1.03. The van der Waals surface area contributed by atoms with E-state index in [-0.39, 0.29) is 11.7 Å². The molecule has 3 nitrogen and oxygen atoms in total. The number of nitrogens with two attached hydrogens (primary N) is 1. The minimum atomic E-state index is 0.205. The molecular weight excluding hydrogens is 244 g/mol. The summed E-state index contributed by atoms with van der Waals surface area (Å²) in [6, 6.07) is 0. The fraction of sp³-hybridized carbons (Fsp3) is 0.714. The lowest BCUT2D eigenvalue weighted by molar-refractivity contribution is 0.0815. The Morgan fingerprint density at radius 2 is 2.28 bits per heavy atom. The second kappa shape index (κ2) is 6.43. The summed E-state index contributed by atoms with van der Waals surface area (Å²) in [7, 11) is 0. The van der Waals surface area contributed by atoms with E-state index in [9.17, 15) is 4.79 Å². The summed E-state index contributed by atoms with van der Waals surface area (Å²) in [5.41, 5.74) is 6.19. The average molecular weight is 266 g/mol. The first kappa shape index (κ1) is 13.7. The van der Waals surface area contributed by atoms with Crippen LogP contribution < -0.4 is 5.73 Å². The van der Waals surface area contributed by atoms with Gasteiger partial charge in [0.25, 0.3) is 0 Å². The average Bonchev–Trinajstić information content (AvgIpc) is 2.87. The number of carbonyl (C=O) groups excluding carboxylic acids is 1. The van der Waals surface area contributed by atoms with Gasteiger partial charge in [-0.25, -0.2) is 4.98 Å². The van der Waals surface area contributed by atoms with Gasteiger partial charge in [-0.1, -0.05) is 26.2 Å². The molecule has 1 heterocycles. The van der Waals surface area contributed by atoms with E-state index in [2.05, 4.69) is 11.9 Å². The maximum Gasteiger partial charge on any atom is 0.185 e. The Morgan fingerprint density at radius 1 is 1.50 bits per heavy atom. The van der Waals surface area contributed by atoms with E-state index in [1.54, 1.807) is 11.3 Å². The first-order chi connectivity index (χ1) is 8.76. The van der Waals surface area contributed by atoms with E-state index in [1.165, 1.54) is 19.3 Å². The van der Waals surface area contributed by atoms with E-state index in [4.69, 9.17) is 5.73 Å². The van der Waals surface area contributed by atoms with Crippen molar-refractivity contribution < 1.29 is 4.79 Å². The maximum absolute atomic E-state index is 12.5. The molecule has 1 saturated carbocycles. The summed E-state index contributed by atoms with van der Waals surface area (Å²) in [5, 5.41) is 2.90. The third-order valence-electron chi connectivity index (χ3n) is 3.93. The standard InChI is InChI=1S/C14H22N2OS/c1-2-10-5-3-4-6-11(10)14(17)12-9-18-13(16-12)7-8-15/h9-11H,2-8,15H2,1H3. The molecule has 0 amide bonds. The van der Waals surface area contributed by atoms with Gasteiger partial charge in [0.2, 0.25) is 0 Å². The third-order valence-corrected chi connectivity index (χ3v) is 4.84. The SMILES string of the molecule is CCC1CCCCC1C(=O)c1csc(CCN)n1. The van der Waals surface area contributed by atoms with Gasteiger partial charge in [0.05, 0.1) is 5.01 Å². The van der Waals surface area contributed by atoms with Crippen molar-refractivity contribution in [2.24, 2.45) is 17.6 Å². The van der Waals surface area contributed by atoms with Crippen molar-refractivity contribution >= 4 is 17.1 Å². The highest BCUT2D eigenvalue weighted by atomic mass is 32.1. The molecule has 2 atom stereocenters. The Kier molecular flexibility index (Phi) is 4.89. The van der Waals surface area contributed by atoms with Crippen molar-refractivity contribution in [2.75, 3.05) is 6.54 Å². The number of carbonyl (C=O) groups is 1. The molecule has 2 unspecified atom stereocenters. The smallest absolute Gasteiger partial charge is 0.185 e. The van der Waals surface area contributed by atoms with Crippen molar-refractivity contribution in [3.63, 3.8) is 0 Å². The lowest BCUT2D eigenvalue weighted by Crippen LogP contribution is -2.27. The van der Waals surface area contributed by atoms with Gasteiger partial charge in [-0.05, 0) is 25.3 Å². The first-order valence-electron chi connectivity index (χ1n) is 6.95.